The molecule has 0 radical (unpaired) electrons. The highest BCUT2D eigenvalue weighted by atomic mass is 16.5. The summed E-state index contributed by atoms with van der Waals surface area (Å²) in [5, 5.41) is 9.92. The van der Waals surface area contributed by atoms with E-state index in [4.69, 9.17) is 9.47 Å². The lowest BCUT2D eigenvalue weighted by Gasteiger charge is -2.58. The van der Waals surface area contributed by atoms with Gasteiger partial charge in [-0.15, -0.1) is 0 Å². The second kappa shape index (κ2) is 7.85. The highest BCUT2D eigenvalue weighted by Crippen LogP contribution is 2.48. The second-order valence-corrected chi connectivity index (χ2v) is 7.28. The molecule has 7 nitrogen and oxygen atoms in total. The van der Waals surface area contributed by atoms with E-state index in [1.54, 1.807) is 41.2 Å². The first-order valence-corrected chi connectivity index (χ1v) is 9.56. The SMILES string of the molecule is COCC(=O)N1[C@@H]2CN(C(=O)c3cccc(OC)c3)c3ccccc3[C@@H]2[C@@H]1CO. The van der Waals surface area contributed by atoms with Crippen molar-refractivity contribution in [3.8, 4) is 5.75 Å². The number of fused-ring (bicyclic) bond motifs is 3. The molecule has 1 fully saturated rings. The molecule has 2 aromatic carbocycles. The zero-order chi connectivity index (χ0) is 20.5. The first kappa shape index (κ1) is 19.4. The number of aliphatic hydroxyl groups excluding tert-OH is 1. The summed E-state index contributed by atoms with van der Waals surface area (Å²) in [6.45, 7) is 0.184. The van der Waals surface area contributed by atoms with Crippen LogP contribution in [0.2, 0.25) is 0 Å². The van der Waals surface area contributed by atoms with Crippen LogP contribution in [0.4, 0.5) is 5.69 Å². The van der Waals surface area contributed by atoms with Crippen molar-refractivity contribution in [2.24, 2.45) is 0 Å². The Hall–Kier alpha value is -2.90. The Kier molecular flexibility index (Phi) is 5.25. The van der Waals surface area contributed by atoms with Crippen molar-refractivity contribution in [3.63, 3.8) is 0 Å². The molecule has 7 heteroatoms. The maximum atomic E-state index is 13.4. The van der Waals surface area contributed by atoms with Crippen LogP contribution in [0.1, 0.15) is 21.8 Å². The summed E-state index contributed by atoms with van der Waals surface area (Å²) >= 11 is 0. The molecular formula is C22H24N2O5. The van der Waals surface area contributed by atoms with E-state index < -0.39 is 0 Å². The van der Waals surface area contributed by atoms with E-state index in [-0.39, 0.29) is 43.0 Å². The molecule has 152 valence electrons. The number of nitrogens with zero attached hydrogens (tertiary/aromatic N) is 2. The van der Waals surface area contributed by atoms with Crippen molar-refractivity contribution in [1.82, 2.24) is 4.90 Å². The molecule has 0 aromatic heterocycles. The minimum Gasteiger partial charge on any atom is -0.497 e. The van der Waals surface area contributed by atoms with Crippen molar-refractivity contribution in [2.45, 2.75) is 18.0 Å². The first-order valence-electron chi connectivity index (χ1n) is 9.56. The fourth-order valence-corrected chi connectivity index (χ4v) is 4.54. The number of amides is 2. The molecule has 2 aliphatic heterocycles. The van der Waals surface area contributed by atoms with Crippen LogP contribution in [0.5, 0.6) is 5.75 Å². The van der Waals surface area contributed by atoms with E-state index in [1.165, 1.54) is 7.11 Å². The van der Waals surface area contributed by atoms with Gasteiger partial charge in [0.2, 0.25) is 5.91 Å². The minimum absolute atomic E-state index is 0.00799. The van der Waals surface area contributed by atoms with Crippen molar-refractivity contribution < 1.29 is 24.2 Å². The number of para-hydroxylation sites is 1. The van der Waals surface area contributed by atoms with Crippen LogP contribution >= 0.6 is 0 Å². The largest absolute Gasteiger partial charge is 0.497 e. The van der Waals surface area contributed by atoms with Gasteiger partial charge in [-0.25, -0.2) is 0 Å². The Bertz CT molecular complexity index is 931. The number of likely N-dealkylation sites (tertiary alicyclic amines) is 1. The summed E-state index contributed by atoms with van der Waals surface area (Å²) < 4.78 is 10.3. The number of rotatable bonds is 5. The molecule has 1 N–H and O–H groups in total. The van der Waals surface area contributed by atoms with Gasteiger partial charge in [-0.05, 0) is 29.8 Å². The third-order valence-electron chi connectivity index (χ3n) is 5.80. The molecule has 0 unspecified atom stereocenters. The maximum absolute atomic E-state index is 13.4. The number of anilines is 1. The summed E-state index contributed by atoms with van der Waals surface area (Å²) in [6, 6.07) is 14.2. The molecule has 0 spiro atoms. The van der Waals surface area contributed by atoms with Gasteiger partial charge in [0.25, 0.3) is 5.91 Å². The first-order chi connectivity index (χ1) is 14.1. The van der Waals surface area contributed by atoms with Crippen LogP contribution in [-0.2, 0) is 9.53 Å². The van der Waals surface area contributed by atoms with Crippen LogP contribution in [0.25, 0.3) is 0 Å². The summed E-state index contributed by atoms with van der Waals surface area (Å²) in [5.41, 5.74) is 2.31. The lowest BCUT2D eigenvalue weighted by atomic mass is 9.71. The lowest BCUT2D eigenvalue weighted by molar-refractivity contribution is -0.154. The van der Waals surface area contributed by atoms with Crippen LogP contribution in [0, 0.1) is 0 Å². The van der Waals surface area contributed by atoms with Crippen molar-refractivity contribution in [3.05, 3.63) is 59.7 Å². The highest BCUT2D eigenvalue weighted by Gasteiger charge is 2.55. The van der Waals surface area contributed by atoms with Crippen LogP contribution < -0.4 is 9.64 Å². The summed E-state index contributed by atoms with van der Waals surface area (Å²) in [5.74, 6) is 0.272. The zero-order valence-electron chi connectivity index (χ0n) is 16.4. The normalized spacial score (nSPS) is 22.4. The van der Waals surface area contributed by atoms with E-state index >= 15 is 0 Å². The zero-order valence-corrected chi connectivity index (χ0v) is 16.4. The third kappa shape index (κ3) is 3.16. The summed E-state index contributed by atoms with van der Waals surface area (Å²) in [6.07, 6.45) is 0. The molecule has 4 rings (SSSR count). The number of hydrogen-bond donors (Lipinski definition) is 1. The fourth-order valence-electron chi connectivity index (χ4n) is 4.54. The van der Waals surface area contributed by atoms with Crippen molar-refractivity contribution >= 4 is 17.5 Å². The summed E-state index contributed by atoms with van der Waals surface area (Å²) in [7, 11) is 3.03. The van der Waals surface area contributed by atoms with Crippen molar-refractivity contribution in [2.75, 3.05) is 38.9 Å². The van der Waals surface area contributed by atoms with E-state index in [0.717, 1.165) is 11.3 Å². The van der Waals surface area contributed by atoms with E-state index in [0.29, 0.717) is 17.9 Å². The number of carbonyl (C=O) groups excluding carboxylic acids is 2. The van der Waals surface area contributed by atoms with Gasteiger partial charge in [-0.2, -0.15) is 0 Å². The van der Waals surface area contributed by atoms with E-state index in [1.807, 2.05) is 24.3 Å². The monoisotopic (exact) mass is 396 g/mol. The van der Waals surface area contributed by atoms with Gasteiger partial charge < -0.3 is 24.4 Å². The van der Waals surface area contributed by atoms with E-state index in [2.05, 4.69) is 0 Å². The number of hydrogen-bond acceptors (Lipinski definition) is 5. The highest BCUT2D eigenvalue weighted by molar-refractivity contribution is 6.07. The third-order valence-corrected chi connectivity index (χ3v) is 5.80. The number of ether oxygens (including phenoxy) is 2. The molecule has 0 aliphatic carbocycles. The standard InChI is InChI=1S/C22H24N2O5/c1-28-13-20(26)24-18-11-23(22(27)14-6-5-7-15(10-14)29-2)17-9-4-3-8-16(17)21(18)19(24)12-25/h3-10,18-19,21,25H,11-13H2,1-2H3/t18-,19+,21+/m1/s1. The maximum Gasteiger partial charge on any atom is 0.258 e. The van der Waals surface area contributed by atoms with Crippen LogP contribution in [0.15, 0.2) is 48.5 Å². The average Bonchev–Trinajstić information content (AvgIpc) is 2.74. The molecule has 1 saturated heterocycles. The Labute approximate surface area is 169 Å². The van der Waals surface area contributed by atoms with Gasteiger partial charge in [0.15, 0.2) is 0 Å². The number of aliphatic hydroxyl groups is 1. The van der Waals surface area contributed by atoms with Crippen LogP contribution in [-0.4, -0.2) is 67.9 Å². The van der Waals surface area contributed by atoms with Gasteiger partial charge in [0.05, 0.1) is 25.8 Å². The predicted molar refractivity (Wildman–Crippen MR) is 107 cm³/mol. The summed E-state index contributed by atoms with van der Waals surface area (Å²) in [4.78, 5) is 29.3. The fraction of sp³-hybridized carbons (Fsp3) is 0.364. The minimum atomic E-state index is -0.308. The second-order valence-electron chi connectivity index (χ2n) is 7.28. The number of benzene rings is 2. The molecule has 2 amide bonds. The van der Waals surface area contributed by atoms with E-state index in [9.17, 15) is 14.7 Å². The van der Waals surface area contributed by atoms with Crippen molar-refractivity contribution in [1.29, 1.82) is 0 Å². The molecule has 2 aliphatic rings. The smallest absolute Gasteiger partial charge is 0.258 e. The molecule has 0 saturated carbocycles. The van der Waals surface area contributed by atoms with Gasteiger partial charge in [0.1, 0.15) is 12.4 Å². The topological polar surface area (TPSA) is 79.3 Å². The Balaban J connectivity index is 1.71. The Morgan fingerprint density at radius 2 is 1.93 bits per heavy atom. The molecular weight excluding hydrogens is 372 g/mol. The molecule has 29 heavy (non-hydrogen) atoms. The van der Waals surface area contributed by atoms with Gasteiger partial charge in [-0.3, -0.25) is 9.59 Å². The van der Waals surface area contributed by atoms with Gasteiger partial charge in [-0.1, -0.05) is 24.3 Å². The Morgan fingerprint density at radius 3 is 2.66 bits per heavy atom. The number of methoxy groups -OCH3 is 2. The molecule has 3 atom stereocenters. The van der Waals surface area contributed by atoms with Gasteiger partial charge >= 0.3 is 0 Å². The quantitative estimate of drug-likeness (QED) is 0.832. The molecule has 0 bridgehead atoms. The van der Waals surface area contributed by atoms with Crippen LogP contribution in [0.3, 0.4) is 0 Å². The number of carbonyl (C=O) groups is 2. The predicted octanol–water partition coefficient (Wildman–Crippen LogP) is 1.66. The molecule has 2 heterocycles. The average molecular weight is 396 g/mol. The Morgan fingerprint density at radius 1 is 1.14 bits per heavy atom. The van der Waals surface area contributed by atoms with Gasteiger partial charge in [0, 0.05) is 30.8 Å². The lowest BCUT2D eigenvalue weighted by Crippen LogP contribution is -2.71. The molecule has 2 aromatic rings.